The molecule has 0 saturated carbocycles. The number of nitrogens with one attached hydrogen (secondary N) is 1. The van der Waals surface area contributed by atoms with Gasteiger partial charge in [-0.15, -0.1) is 12.6 Å². The van der Waals surface area contributed by atoms with Gasteiger partial charge in [-0.2, -0.15) is 0 Å². The Labute approximate surface area is 65.3 Å². The number of aliphatic hydroxyl groups excluding tert-OH is 1. The van der Waals surface area contributed by atoms with Gasteiger partial charge in [0.2, 0.25) is 0 Å². The van der Waals surface area contributed by atoms with Gasteiger partial charge in [0, 0.05) is 10.6 Å². The Balaban J connectivity index is 2.81. The fraction of sp³-hybridized carbons (Fsp3) is 0.143. The van der Waals surface area contributed by atoms with Crippen LogP contribution in [0, 0.1) is 0 Å². The SMILES string of the molecule is OCNc1ccccc1S. The smallest absolute Gasteiger partial charge is 0.113 e. The molecule has 2 nitrogen and oxygen atoms in total. The van der Waals surface area contributed by atoms with Crippen molar-refractivity contribution >= 4 is 18.3 Å². The van der Waals surface area contributed by atoms with Crippen LogP contribution in [-0.2, 0) is 0 Å². The van der Waals surface area contributed by atoms with Crippen molar-refractivity contribution in [3.8, 4) is 0 Å². The molecule has 2 N–H and O–H groups in total. The molecule has 1 rings (SSSR count). The van der Waals surface area contributed by atoms with Gasteiger partial charge in [-0.3, -0.25) is 0 Å². The van der Waals surface area contributed by atoms with Crippen LogP contribution < -0.4 is 5.32 Å². The second-order valence-corrected chi connectivity index (χ2v) is 2.33. The molecule has 0 spiro atoms. The summed E-state index contributed by atoms with van der Waals surface area (Å²) in [5.41, 5.74) is 0.855. The van der Waals surface area contributed by atoms with E-state index in [-0.39, 0.29) is 6.73 Å². The largest absolute Gasteiger partial charge is 0.377 e. The Hall–Kier alpha value is -0.670. The number of hydrogen-bond acceptors (Lipinski definition) is 3. The molecule has 0 amide bonds. The molecule has 0 aromatic heterocycles. The standard InChI is InChI=1S/C7H9NOS/c9-5-8-6-3-1-2-4-7(6)10/h1-4,8-10H,5H2. The number of aliphatic hydroxyl groups is 1. The summed E-state index contributed by atoms with van der Waals surface area (Å²) in [5.74, 6) is 0. The van der Waals surface area contributed by atoms with Crippen LogP contribution in [0.3, 0.4) is 0 Å². The molecule has 54 valence electrons. The van der Waals surface area contributed by atoms with Crippen LogP contribution in [0.2, 0.25) is 0 Å². The number of rotatable bonds is 2. The van der Waals surface area contributed by atoms with Gasteiger partial charge in [-0.25, -0.2) is 0 Å². The van der Waals surface area contributed by atoms with Gasteiger partial charge in [0.05, 0.1) is 0 Å². The summed E-state index contributed by atoms with van der Waals surface area (Å²) in [5, 5.41) is 11.3. The predicted octanol–water partition coefficient (Wildman–Crippen LogP) is 1.34. The molecule has 0 unspecified atom stereocenters. The van der Waals surface area contributed by atoms with E-state index in [0.717, 1.165) is 10.6 Å². The highest BCUT2D eigenvalue weighted by Crippen LogP contribution is 2.17. The second kappa shape index (κ2) is 3.49. The van der Waals surface area contributed by atoms with Crippen LogP contribution in [0.4, 0.5) is 5.69 Å². The Bertz CT molecular complexity index is 215. The Kier molecular flexibility index (Phi) is 2.59. The van der Waals surface area contributed by atoms with E-state index in [0.29, 0.717) is 0 Å². The van der Waals surface area contributed by atoms with Gasteiger partial charge in [0.15, 0.2) is 0 Å². The van der Waals surface area contributed by atoms with E-state index < -0.39 is 0 Å². The maximum absolute atomic E-state index is 8.50. The lowest BCUT2D eigenvalue weighted by atomic mass is 10.3. The van der Waals surface area contributed by atoms with E-state index in [1.165, 1.54) is 0 Å². The first-order valence-electron chi connectivity index (χ1n) is 2.97. The highest BCUT2D eigenvalue weighted by molar-refractivity contribution is 7.80. The summed E-state index contributed by atoms with van der Waals surface area (Å²) in [4.78, 5) is 0.844. The molecular formula is C7H9NOS. The average molecular weight is 155 g/mol. The summed E-state index contributed by atoms with van der Waals surface area (Å²) in [6, 6.07) is 7.50. The van der Waals surface area contributed by atoms with Crippen molar-refractivity contribution in [3.05, 3.63) is 24.3 Å². The fourth-order valence-electron chi connectivity index (χ4n) is 0.708. The van der Waals surface area contributed by atoms with Gasteiger partial charge < -0.3 is 10.4 Å². The zero-order valence-electron chi connectivity index (χ0n) is 5.41. The Morgan fingerprint density at radius 2 is 2.10 bits per heavy atom. The second-order valence-electron chi connectivity index (χ2n) is 1.85. The number of thiol groups is 1. The van der Waals surface area contributed by atoms with E-state index in [1.807, 2.05) is 24.3 Å². The van der Waals surface area contributed by atoms with Gasteiger partial charge in [-0.1, -0.05) is 12.1 Å². The lowest BCUT2D eigenvalue weighted by Gasteiger charge is -2.03. The molecule has 0 aliphatic carbocycles. The normalized spacial score (nSPS) is 9.40. The van der Waals surface area contributed by atoms with Crippen molar-refractivity contribution in [3.63, 3.8) is 0 Å². The van der Waals surface area contributed by atoms with Crippen LogP contribution in [0.1, 0.15) is 0 Å². The van der Waals surface area contributed by atoms with E-state index in [4.69, 9.17) is 5.11 Å². The first kappa shape index (κ1) is 7.44. The van der Waals surface area contributed by atoms with Crippen molar-refractivity contribution in [1.29, 1.82) is 0 Å². The molecule has 0 radical (unpaired) electrons. The number of para-hydroxylation sites is 1. The maximum Gasteiger partial charge on any atom is 0.113 e. The van der Waals surface area contributed by atoms with Crippen LogP contribution >= 0.6 is 12.6 Å². The average Bonchev–Trinajstić information content (AvgIpc) is 1.94. The highest BCUT2D eigenvalue weighted by Gasteiger charge is 1.92. The summed E-state index contributed by atoms with van der Waals surface area (Å²) in [6.07, 6.45) is 0. The van der Waals surface area contributed by atoms with Gasteiger partial charge in [0.25, 0.3) is 0 Å². The molecule has 0 aliphatic heterocycles. The summed E-state index contributed by atoms with van der Waals surface area (Å²) in [6.45, 7) is -0.0580. The summed E-state index contributed by atoms with van der Waals surface area (Å²) in [7, 11) is 0. The summed E-state index contributed by atoms with van der Waals surface area (Å²) >= 11 is 4.16. The number of anilines is 1. The minimum atomic E-state index is -0.0580. The van der Waals surface area contributed by atoms with E-state index in [9.17, 15) is 0 Å². The van der Waals surface area contributed by atoms with Crippen LogP contribution in [-0.4, -0.2) is 11.8 Å². The lowest BCUT2D eigenvalue weighted by Crippen LogP contribution is -1.99. The third-order valence-corrected chi connectivity index (χ3v) is 1.56. The van der Waals surface area contributed by atoms with Crippen molar-refractivity contribution in [1.82, 2.24) is 0 Å². The molecule has 1 aromatic carbocycles. The first-order valence-corrected chi connectivity index (χ1v) is 3.42. The molecule has 1 aromatic rings. The molecule has 0 fully saturated rings. The van der Waals surface area contributed by atoms with Crippen molar-refractivity contribution in [2.45, 2.75) is 4.90 Å². The monoisotopic (exact) mass is 155 g/mol. The fourth-order valence-corrected chi connectivity index (χ4v) is 0.948. The van der Waals surface area contributed by atoms with Crippen LogP contribution in [0.25, 0.3) is 0 Å². The first-order chi connectivity index (χ1) is 4.84. The molecule has 3 heteroatoms. The third-order valence-electron chi connectivity index (χ3n) is 1.17. The Morgan fingerprint density at radius 1 is 1.40 bits per heavy atom. The minimum absolute atomic E-state index is 0.0580. The Morgan fingerprint density at radius 3 is 2.70 bits per heavy atom. The zero-order chi connectivity index (χ0) is 7.40. The molecule has 0 heterocycles. The topological polar surface area (TPSA) is 32.3 Å². The molecule has 0 aliphatic rings. The number of hydrogen-bond donors (Lipinski definition) is 3. The van der Waals surface area contributed by atoms with E-state index in [1.54, 1.807) is 0 Å². The van der Waals surface area contributed by atoms with Gasteiger partial charge in [-0.05, 0) is 12.1 Å². The van der Waals surface area contributed by atoms with Crippen molar-refractivity contribution in [2.24, 2.45) is 0 Å². The van der Waals surface area contributed by atoms with Gasteiger partial charge in [0.1, 0.15) is 6.73 Å². The molecule has 0 atom stereocenters. The predicted molar refractivity (Wildman–Crippen MR) is 44.4 cm³/mol. The maximum atomic E-state index is 8.50. The molecule has 0 bridgehead atoms. The summed E-state index contributed by atoms with van der Waals surface area (Å²) < 4.78 is 0. The molecule has 0 saturated heterocycles. The lowest BCUT2D eigenvalue weighted by molar-refractivity contribution is 0.325. The highest BCUT2D eigenvalue weighted by atomic mass is 32.1. The van der Waals surface area contributed by atoms with Gasteiger partial charge >= 0.3 is 0 Å². The third kappa shape index (κ3) is 1.65. The van der Waals surface area contributed by atoms with E-state index in [2.05, 4.69) is 17.9 Å². The minimum Gasteiger partial charge on any atom is -0.377 e. The van der Waals surface area contributed by atoms with Crippen LogP contribution in [0.15, 0.2) is 29.2 Å². The quantitative estimate of drug-likeness (QED) is 0.445. The number of benzene rings is 1. The zero-order valence-corrected chi connectivity index (χ0v) is 6.31. The van der Waals surface area contributed by atoms with Crippen LogP contribution in [0.5, 0.6) is 0 Å². The van der Waals surface area contributed by atoms with Crippen molar-refractivity contribution < 1.29 is 5.11 Å². The van der Waals surface area contributed by atoms with E-state index >= 15 is 0 Å². The van der Waals surface area contributed by atoms with Crippen molar-refractivity contribution in [2.75, 3.05) is 12.0 Å². The molecular weight excluding hydrogens is 146 g/mol. The molecule has 10 heavy (non-hydrogen) atoms.